The van der Waals surface area contributed by atoms with Gasteiger partial charge in [-0.15, -0.1) is 5.12 Å². The van der Waals surface area contributed by atoms with Gasteiger partial charge < -0.3 is 5.11 Å². The second-order valence-electron chi connectivity index (χ2n) is 7.80. The van der Waals surface area contributed by atoms with Crippen molar-refractivity contribution in [2.24, 2.45) is 5.92 Å². The smallest absolute Gasteiger partial charge is 0.307 e. The Morgan fingerprint density at radius 1 is 1.15 bits per heavy atom. The maximum atomic E-state index is 14.8. The molecule has 1 unspecified atom stereocenters. The molecule has 1 aromatic heterocycles. The van der Waals surface area contributed by atoms with Crippen molar-refractivity contribution in [2.45, 2.75) is 39.0 Å². The fourth-order valence-electron chi connectivity index (χ4n) is 3.54. The van der Waals surface area contributed by atoms with Crippen LogP contribution in [-0.4, -0.2) is 27.2 Å². The number of fused-ring (bicyclic) bond motifs is 1. The predicted octanol–water partition coefficient (Wildman–Crippen LogP) is 4.57. The summed E-state index contributed by atoms with van der Waals surface area (Å²) in [5.74, 6) is -3.05. The predicted molar refractivity (Wildman–Crippen MR) is 125 cm³/mol. The number of carbonyl (C=O) groups excluding carboxylic acids is 1. The summed E-state index contributed by atoms with van der Waals surface area (Å²) in [6.45, 7) is 2.01. The number of aromatic nitrogens is 2. The van der Waals surface area contributed by atoms with Crippen LogP contribution < -0.4 is 10.7 Å². The van der Waals surface area contributed by atoms with E-state index in [9.17, 15) is 24.0 Å². The van der Waals surface area contributed by atoms with E-state index in [0.29, 0.717) is 28.5 Å². The van der Waals surface area contributed by atoms with E-state index in [4.69, 9.17) is 0 Å². The van der Waals surface area contributed by atoms with Gasteiger partial charge in [0.15, 0.2) is 0 Å². The maximum Gasteiger partial charge on any atom is 0.307 e. The van der Waals surface area contributed by atoms with Gasteiger partial charge in [-0.1, -0.05) is 60.3 Å². The summed E-state index contributed by atoms with van der Waals surface area (Å²) in [6, 6.07) is 13.4. The number of aliphatic carboxylic acids is 1. The van der Waals surface area contributed by atoms with E-state index in [0.717, 1.165) is 12.8 Å². The van der Waals surface area contributed by atoms with Crippen LogP contribution >= 0.6 is 0 Å². The lowest BCUT2D eigenvalue weighted by molar-refractivity contribution is -0.143. The minimum absolute atomic E-state index is 0.00635. The van der Waals surface area contributed by atoms with E-state index in [1.807, 2.05) is 19.1 Å². The number of carboxylic acid groups (broad SMARTS) is 1. The molecule has 2 N–H and O–H groups in total. The Kier molecular flexibility index (Phi) is 8.07. The number of unbranched alkanes of at least 4 members (excludes halogenated alkanes) is 1. The first-order valence-corrected chi connectivity index (χ1v) is 10.8. The number of anilines is 1. The first-order valence-electron chi connectivity index (χ1n) is 10.8. The molecule has 1 atom stereocenters. The van der Waals surface area contributed by atoms with Crippen molar-refractivity contribution in [3.05, 3.63) is 82.3 Å². The third-order valence-electron chi connectivity index (χ3n) is 5.32. The minimum atomic E-state index is -1.14. The largest absolute Gasteiger partial charge is 0.481 e. The zero-order valence-corrected chi connectivity index (χ0v) is 18.3. The van der Waals surface area contributed by atoms with Crippen molar-refractivity contribution in [2.75, 3.05) is 5.12 Å². The maximum absolute atomic E-state index is 14.8. The average molecular weight is 451 g/mol. The second kappa shape index (κ2) is 11.2. The molecule has 7 nitrogen and oxygen atoms in total. The van der Waals surface area contributed by atoms with Crippen LogP contribution in [0.15, 0.2) is 65.5 Å². The molecule has 172 valence electrons. The number of benzene rings is 2. The molecule has 0 aliphatic carbocycles. The van der Waals surface area contributed by atoms with Crippen LogP contribution in [0.5, 0.6) is 0 Å². The lowest BCUT2D eigenvalue weighted by Gasteiger charge is -2.16. The number of rotatable bonds is 10. The number of H-pyrrole nitrogens is 1. The first-order chi connectivity index (χ1) is 15.9. The Morgan fingerprint density at radius 3 is 2.64 bits per heavy atom. The van der Waals surface area contributed by atoms with Gasteiger partial charge in [0.1, 0.15) is 0 Å². The van der Waals surface area contributed by atoms with Gasteiger partial charge in [0.25, 0.3) is 11.5 Å². The summed E-state index contributed by atoms with van der Waals surface area (Å²) in [7, 11) is 0. The number of amides is 1. The highest BCUT2D eigenvalue weighted by Crippen LogP contribution is 2.23. The number of hydrogen-bond donors (Lipinski definition) is 2. The third kappa shape index (κ3) is 6.12. The standard InChI is InChI=1S/C25H26FN3O4/c1-2-3-4-5-10-18(25(32)33)16-23(30)29(26)19-11-8-9-17(14-19)15-22-20-12-6-7-13-21(20)24(31)28-27-22/h4-9,11-14,18H,2-3,10,15-16H2,1H3,(H,28,31)(H,32,33). The van der Waals surface area contributed by atoms with E-state index < -0.39 is 24.2 Å². The molecule has 8 heteroatoms. The van der Waals surface area contributed by atoms with Gasteiger partial charge >= 0.3 is 5.97 Å². The van der Waals surface area contributed by atoms with Crippen molar-refractivity contribution in [3.8, 4) is 0 Å². The van der Waals surface area contributed by atoms with E-state index >= 15 is 0 Å². The van der Waals surface area contributed by atoms with Crippen LogP contribution in [0, 0.1) is 5.92 Å². The summed E-state index contributed by atoms with van der Waals surface area (Å²) in [6.07, 6.45) is 5.38. The van der Waals surface area contributed by atoms with Crippen LogP contribution in [-0.2, 0) is 16.0 Å². The zero-order valence-electron chi connectivity index (χ0n) is 18.3. The van der Waals surface area contributed by atoms with Crippen molar-refractivity contribution in [1.29, 1.82) is 0 Å². The summed E-state index contributed by atoms with van der Waals surface area (Å²) in [5, 5.41) is 17.2. The summed E-state index contributed by atoms with van der Waals surface area (Å²) in [4.78, 5) is 35.9. The van der Waals surface area contributed by atoms with E-state index in [1.165, 1.54) is 12.1 Å². The quantitative estimate of drug-likeness (QED) is 0.347. The number of hydrogen-bond acceptors (Lipinski definition) is 4. The molecule has 0 saturated carbocycles. The number of nitrogens with one attached hydrogen (secondary N) is 1. The molecule has 0 aliphatic rings. The molecule has 33 heavy (non-hydrogen) atoms. The van der Waals surface area contributed by atoms with Crippen LogP contribution in [0.4, 0.5) is 10.2 Å². The van der Waals surface area contributed by atoms with Gasteiger partial charge in [-0.05, 0) is 36.6 Å². The Morgan fingerprint density at radius 2 is 1.91 bits per heavy atom. The Labute approximate surface area is 190 Å². The van der Waals surface area contributed by atoms with Crippen molar-refractivity contribution < 1.29 is 19.2 Å². The number of nitrogens with zero attached hydrogens (tertiary/aromatic N) is 2. The molecular weight excluding hydrogens is 425 g/mol. The number of allylic oxidation sites excluding steroid dienone is 2. The molecule has 3 aromatic rings. The molecule has 3 rings (SSSR count). The summed E-state index contributed by atoms with van der Waals surface area (Å²) in [5.41, 5.74) is 1.02. The molecule has 0 bridgehead atoms. The monoisotopic (exact) mass is 451 g/mol. The van der Waals surface area contributed by atoms with E-state index in [-0.39, 0.29) is 22.8 Å². The van der Waals surface area contributed by atoms with Gasteiger partial charge in [0, 0.05) is 18.2 Å². The summed E-state index contributed by atoms with van der Waals surface area (Å²) < 4.78 is 14.8. The van der Waals surface area contributed by atoms with Gasteiger partial charge in [0.2, 0.25) is 0 Å². The number of aromatic amines is 1. The van der Waals surface area contributed by atoms with Crippen LogP contribution in [0.2, 0.25) is 0 Å². The highest BCUT2D eigenvalue weighted by molar-refractivity contribution is 5.93. The number of halogens is 1. The van der Waals surface area contributed by atoms with Crippen LogP contribution in [0.3, 0.4) is 0 Å². The zero-order chi connectivity index (χ0) is 23.8. The molecule has 0 radical (unpaired) electrons. The Balaban J connectivity index is 1.75. The molecule has 2 aromatic carbocycles. The van der Waals surface area contributed by atoms with Gasteiger partial charge in [0.05, 0.1) is 22.7 Å². The second-order valence-corrected chi connectivity index (χ2v) is 7.80. The molecule has 0 spiro atoms. The molecule has 0 saturated heterocycles. The fraction of sp³-hybridized carbons (Fsp3) is 0.280. The topological polar surface area (TPSA) is 103 Å². The molecule has 0 aliphatic heterocycles. The number of carbonyl (C=O) groups is 2. The lowest BCUT2D eigenvalue weighted by Crippen LogP contribution is -2.27. The Bertz CT molecular complexity index is 1220. The average Bonchev–Trinajstić information content (AvgIpc) is 2.82. The van der Waals surface area contributed by atoms with Crippen molar-refractivity contribution >= 4 is 28.3 Å². The third-order valence-corrected chi connectivity index (χ3v) is 5.32. The van der Waals surface area contributed by atoms with Gasteiger partial charge in [-0.2, -0.15) is 5.10 Å². The molecular formula is C25H26FN3O4. The van der Waals surface area contributed by atoms with Gasteiger partial charge in [-0.25, -0.2) is 5.10 Å². The van der Waals surface area contributed by atoms with Crippen molar-refractivity contribution in [3.63, 3.8) is 0 Å². The Hall–Kier alpha value is -3.81. The fourth-order valence-corrected chi connectivity index (χ4v) is 3.54. The lowest BCUT2D eigenvalue weighted by atomic mass is 10.00. The molecule has 0 fully saturated rings. The normalized spacial score (nSPS) is 12.2. The van der Waals surface area contributed by atoms with Gasteiger partial charge in [-0.3, -0.25) is 14.4 Å². The van der Waals surface area contributed by atoms with Crippen molar-refractivity contribution in [1.82, 2.24) is 10.2 Å². The number of carboxylic acids is 1. The molecule has 1 amide bonds. The van der Waals surface area contributed by atoms with E-state index in [2.05, 4.69) is 10.2 Å². The van der Waals surface area contributed by atoms with Crippen LogP contribution in [0.25, 0.3) is 10.8 Å². The minimum Gasteiger partial charge on any atom is -0.481 e. The van der Waals surface area contributed by atoms with E-state index in [1.54, 1.807) is 36.4 Å². The first kappa shape index (κ1) is 23.8. The van der Waals surface area contributed by atoms with Crippen LogP contribution in [0.1, 0.15) is 43.9 Å². The summed E-state index contributed by atoms with van der Waals surface area (Å²) >= 11 is 0. The highest BCUT2D eigenvalue weighted by atomic mass is 19.2. The SMILES string of the molecule is CCCC=CCC(CC(=O)N(F)c1cccc(Cc2n[nH]c(=O)c3ccccc23)c1)C(=O)O. The highest BCUT2D eigenvalue weighted by Gasteiger charge is 2.25. The molecule has 1 heterocycles.